The Labute approximate surface area is 135 Å². The molecule has 0 radical (unpaired) electrons. The number of aromatic nitrogens is 1. The van der Waals surface area contributed by atoms with Gasteiger partial charge in [-0.25, -0.2) is 0 Å². The lowest BCUT2D eigenvalue weighted by Crippen LogP contribution is -2.13. The number of ether oxygens (including phenoxy) is 2. The minimum atomic E-state index is -0.249. The minimum Gasteiger partial charge on any atom is -0.497 e. The van der Waals surface area contributed by atoms with Crippen LogP contribution in [0.15, 0.2) is 36.7 Å². The summed E-state index contributed by atoms with van der Waals surface area (Å²) in [6.07, 6.45) is 4.22. The van der Waals surface area contributed by atoms with Gasteiger partial charge in [-0.15, -0.1) is 0 Å². The molecule has 0 saturated heterocycles. The molecule has 122 valence electrons. The van der Waals surface area contributed by atoms with Gasteiger partial charge in [-0.1, -0.05) is 6.92 Å². The van der Waals surface area contributed by atoms with Crippen LogP contribution in [0.3, 0.4) is 0 Å². The molecule has 0 atom stereocenters. The van der Waals surface area contributed by atoms with E-state index in [1.54, 1.807) is 44.7 Å². The molecule has 0 aliphatic heterocycles. The predicted molar refractivity (Wildman–Crippen MR) is 90.5 cm³/mol. The van der Waals surface area contributed by atoms with Crippen molar-refractivity contribution in [3.05, 3.63) is 42.2 Å². The second-order valence-corrected chi connectivity index (χ2v) is 4.91. The Morgan fingerprint density at radius 3 is 2.70 bits per heavy atom. The fourth-order valence-electron chi connectivity index (χ4n) is 2.03. The van der Waals surface area contributed by atoms with Crippen LogP contribution in [0.2, 0.25) is 0 Å². The summed E-state index contributed by atoms with van der Waals surface area (Å²) in [5, 5.41) is 6.03. The maximum atomic E-state index is 12.4. The fraction of sp³-hybridized carbons (Fsp3) is 0.294. The van der Waals surface area contributed by atoms with Crippen LogP contribution in [0.4, 0.5) is 11.4 Å². The molecule has 2 N–H and O–H groups in total. The molecule has 2 aromatic rings. The molecule has 0 unspecified atom stereocenters. The molecular formula is C17H21N3O3. The standard InChI is InChI=1S/C17H21N3O3/c1-4-7-19-13-8-12(10-18-11-13)17(21)20-15-6-5-14(22-2)9-16(15)23-3/h5-6,8-11,19H,4,7H2,1-3H3,(H,20,21). The van der Waals surface area contributed by atoms with Crippen LogP contribution in [0.5, 0.6) is 11.5 Å². The first kappa shape index (κ1) is 16.6. The van der Waals surface area contributed by atoms with E-state index in [1.165, 1.54) is 6.20 Å². The van der Waals surface area contributed by atoms with Crippen molar-refractivity contribution in [2.75, 3.05) is 31.4 Å². The first-order valence-electron chi connectivity index (χ1n) is 7.40. The average molecular weight is 315 g/mol. The van der Waals surface area contributed by atoms with Gasteiger partial charge in [0.25, 0.3) is 5.91 Å². The average Bonchev–Trinajstić information content (AvgIpc) is 2.60. The van der Waals surface area contributed by atoms with E-state index < -0.39 is 0 Å². The van der Waals surface area contributed by atoms with Crippen LogP contribution in [0, 0.1) is 0 Å². The summed E-state index contributed by atoms with van der Waals surface area (Å²) in [5.41, 5.74) is 1.87. The van der Waals surface area contributed by atoms with Crippen molar-refractivity contribution in [1.29, 1.82) is 0 Å². The van der Waals surface area contributed by atoms with Gasteiger partial charge in [0.15, 0.2) is 0 Å². The van der Waals surface area contributed by atoms with E-state index >= 15 is 0 Å². The van der Waals surface area contributed by atoms with Gasteiger partial charge in [0.1, 0.15) is 11.5 Å². The van der Waals surface area contributed by atoms with Crippen molar-refractivity contribution in [2.24, 2.45) is 0 Å². The lowest BCUT2D eigenvalue weighted by Gasteiger charge is -2.12. The first-order chi connectivity index (χ1) is 11.2. The molecule has 2 rings (SSSR count). The fourth-order valence-corrected chi connectivity index (χ4v) is 2.03. The summed E-state index contributed by atoms with van der Waals surface area (Å²) in [6.45, 7) is 2.91. The zero-order valence-electron chi connectivity index (χ0n) is 13.6. The number of carbonyl (C=O) groups excluding carboxylic acids is 1. The summed E-state index contributed by atoms with van der Waals surface area (Å²) < 4.78 is 10.4. The Morgan fingerprint density at radius 1 is 1.17 bits per heavy atom. The van der Waals surface area contributed by atoms with Crippen LogP contribution in [0.25, 0.3) is 0 Å². The largest absolute Gasteiger partial charge is 0.497 e. The smallest absolute Gasteiger partial charge is 0.257 e. The van der Waals surface area contributed by atoms with E-state index in [0.717, 1.165) is 18.7 Å². The molecule has 1 heterocycles. The molecule has 0 bridgehead atoms. The highest BCUT2D eigenvalue weighted by Gasteiger charge is 2.11. The van der Waals surface area contributed by atoms with E-state index in [4.69, 9.17) is 9.47 Å². The summed E-state index contributed by atoms with van der Waals surface area (Å²) in [7, 11) is 3.12. The zero-order chi connectivity index (χ0) is 16.7. The highest BCUT2D eigenvalue weighted by molar-refractivity contribution is 6.05. The summed E-state index contributed by atoms with van der Waals surface area (Å²) >= 11 is 0. The van der Waals surface area contributed by atoms with E-state index in [2.05, 4.69) is 22.5 Å². The molecule has 1 amide bonds. The third-order valence-electron chi connectivity index (χ3n) is 3.24. The van der Waals surface area contributed by atoms with Gasteiger partial charge in [0.2, 0.25) is 0 Å². The number of carbonyl (C=O) groups is 1. The number of anilines is 2. The summed E-state index contributed by atoms with van der Waals surface area (Å²) in [6, 6.07) is 6.98. The van der Waals surface area contributed by atoms with Gasteiger partial charge in [-0.05, 0) is 24.6 Å². The molecule has 23 heavy (non-hydrogen) atoms. The number of methoxy groups -OCH3 is 2. The van der Waals surface area contributed by atoms with Gasteiger partial charge in [0, 0.05) is 25.0 Å². The predicted octanol–water partition coefficient (Wildman–Crippen LogP) is 3.17. The van der Waals surface area contributed by atoms with Crippen molar-refractivity contribution in [3.63, 3.8) is 0 Å². The van der Waals surface area contributed by atoms with Gasteiger partial charge in [-0.3, -0.25) is 9.78 Å². The Bertz CT molecular complexity index is 674. The Balaban J connectivity index is 2.15. The van der Waals surface area contributed by atoms with Crippen molar-refractivity contribution in [2.45, 2.75) is 13.3 Å². The van der Waals surface area contributed by atoms with Gasteiger partial charge >= 0.3 is 0 Å². The number of rotatable bonds is 7. The number of hydrogen-bond acceptors (Lipinski definition) is 5. The second kappa shape index (κ2) is 8.03. The van der Waals surface area contributed by atoms with E-state index in [9.17, 15) is 4.79 Å². The first-order valence-corrected chi connectivity index (χ1v) is 7.40. The Morgan fingerprint density at radius 2 is 2.00 bits per heavy atom. The lowest BCUT2D eigenvalue weighted by atomic mass is 10.2. The summed E-state index contributed by atoms with van der Waals surface area (Å²) in [5.74, 6) is 0.944. The molecule has 0 spiro atoms. The van der Waals surface area contributed by atoms with Gasteiger partial charge in [0.05, 0.1) is 31.2 Å². The quantitative estimate of drug-likeness (QED) is 0.821. The van der Waals surface area contributed by atoms with E-state index in [0.29, 0.717) is 22.7 Å². The number of nitrogens with zero attached hydrogens (tertiary/aromatic N) is 1. The summed E-state index contributed by atoms with van der Waals surface area (Å²) in [4.78, 5) is 16.5. The third kappa shape index (κ3) is 4.35. The molecule has 1 aromatic carbocycles. The van der Waals surface area contributed by atoms with Crippen LogP contribution < -0.4 is 20.1 Å². The maximum Gasteiger partial charge on any atom is 0.257 e. The van der Waals surface area contributed by atoms with Gasteiger partial charge in [-0.2, -0.15) is 0 Å². The van der Waals surface area contributed by atoms with Crippen molar-refractivity contribution in [1.82, 2.24) is 4.98 Å². The lowest BCUT2D eigenvalue weighted by molar-refractivity contribution is 0.102. The molecule has 1 aromatic heterocycles. The molecule has 6 heteroatoms. The number of nitrogens with one attached hydrogen (secondary N) is 2. The molecule has 0 aliphatic rings. The van der Waals surface area contributed by atoms with Crippen molar-refractivity contribution in [3.8, 4) is 11.5 Å². The van der Waals surface area contributed by atoms with Crippen LogP contribution in [0.1, 0.15) is 23.7 Å². The van der Waals surface area contributed by atoms with Crippen molar-refractivity contribution >= 4 is 17.3 Å². The number of pyridine rings is 1. The van der Waals surface area contributed by atoms with Crippen LogP contribution in [-0.4, -0.2) is 31.7 Å². The second-order valence-electron chi connectivity index (χ2n) is 4.91. The Kier molecular flexibility index (Phi) is 5.80. The van der Waals surface area contributed by atoms with Crippen LogP contribution in [-0.2, 0) is 0 Å². The van der Waals surface area contributed by atoms with Crippen molar-refractivity contribution < 1.29 is 14.3 Å². The van der Waals surface area contributed by atoms with E-state index in [-0.39, 0.29) is 5.91 Å². The third-order valence-corrected chi connectivity index (χ3v) is 3.24. The minimum absolute atomic E-state index is 0.249. The maximum absolute atomic E-state index is 12.4. The SMILES string of the molecule is CCCNc1cncc(C(=O)Nc2ccc(OC)cc2OC)c1. The molecule has 0 saturated carbocycles. The Hall–Kier alpha value is -2.76. The molecule has 6 nitrogen and oxygen atoms in total. The van der Waals surface area contributed by atoms with Crippen LogP contribution >= 0.6 is 0 Å². The number of amides is 1. The molecule has 0 fully saturated rings. The number of benzene rings is 1. The number of hydrogen-bond donors (Lipinski definition) is 2. The highest BCUT2D eigenvalue weighted by atomic mass is 16.5. The molecular weight excluding hydrogens is 294 g/mol. The van der Waals surface area contributed by atoms with E-state index in [1.807, 2.05) is 0 Å². The highest BCUT2D eigenvalue weighted by Crippen LogP contribution is 2.29. The zero-order valence-corrected chi connectivity index (χ0v) is 13.6. The monoisotopic (exact) mass is 315 g/mol. The normalized spacial score (nSPS) is 10.0. The topological polar surface area (TPSA) is 72.5 Å². The molecule has 0 aliphatic carbocycles. The van der Waals surface area contributed by atoms with Gasteiger partial charge < -0.3 is 20.1 Å².